The van der Waals surface area contributed by atoms with E-state index in [-0.39, 0.29) is 12.6 Å². The number of methoxy groups -OCH3 is 3. The number of aliphatic carboxylic acids is 1. The summed E-state index contributed by atoms with van der Waals surface area (Å²) in [5.74, 6) is 2.80. The second-order valence-corrected chi connectivity index (χ2v) is 6.83. The Labute approximate surface area is 163 Å². The summed E-state index contributed by atoms with van der Waals surface area (Å²) in [6, 6.07) is 13.3. The molecule has 0 aliphatic rings. The normalized spacial score (nSPS) is 11.7. The van der Waals surface area contributed by atoms with E-state index < -0.39 is 5.97 Å². The van der Waals surface area contributed by atoms with Crippen LogP contribution in [0.1, 0.15) is 17.2 Å². The predicted octanol–water partition coefficient (Wildman–Crippen LogP) is 3.36. The highest BCUT2D eigenvalue weighted by Gasteiger charge is 2.18. The molecule has 2 rings (SSSR count). The highest BCUT2D eigenvalue weighted by molar-refractivity contribution is 7.98. The lowest BCUT2D eigenvalue weighted by atomic mass is 10.1. The van der Waals surface area contributed by atoms with Gasteiger partial charge in [-0.05, 0) is 23.8 Å². The molecule has 1 atom stereocenters. The summed E-state index contributed by atoms with van der Waals surface area (Å²) in [5.41, 5.74) is 2.08. The summed E-state index contributed by atoms with van der Waals surface area (Å²) in [6.45, 7) is -0.122. The summed E-state index contributed by atoms with van der Waals surface area (Å²) in [6.07, 6.45) is 0. The molecule has 0 fully saturated rings. The van der Waals surface area contributed by atoms with E-state index in [9.17, 15) is 4.79 Å². The monoisotopic (exact) mass is 391 g/mol. The van der Waals surface area contributed by atoms with Crippen LogP contribution in [-0.2, 0) is 10.5 Å². The molecule has 0 aliphatic carbocycles. The minimum atomic E-state index is -0.896. The smallest absolute Gasteiger partial charge is 0.317 e. The summed E-state index contributed by atoms with van der Waals surface area (Å²) < 4.78 is 15.9. The zero-order valence-corrected chi connectivity index (χ0v) is 16.5. The van der Waals surface area contributed by atoms with Crippen molar-refractivity contribution < 1.29 is 24.1 Å². The van der Waals surface area contributed by atoms with Gasteiger partial charge in [-0.3, -0.25) is 10.1 Å². The van der Waals surface area contributed by atoms with Gasteiger partial charge in [0.15, 0.2) is 0 Å². The number of ether oxygens (including phenoxy) is 3. The number of nitrogens with one attached hydrogen (secondary N) is 1. The van der Waals surface area contributed by atoms with Crippen molar-refractivity contribution in [2.45, 2.75) is 11.8 Å². The predicted molar refractivity (Wildman–Crippen MR) is 107 cm³/mol. The molecule has 2 aromatic carbocycles. The second kappa shape index (κ2) is 10.7. The fourth-order valence-corrected chi connectivity index (χ4v) is 3.67. The highest BCUT2D eigenvalue weighted by Crippen LogP contribution is 2.32. The van der Waals surface area contributed by atoms with Crippen LogP contribution in [-0.4, -0.2) is 44.7 Å². The topological polar surface area (TPSA) is 77.0 Å². The Morgan fingerprint density at radius 2 is 1.70 bits per heavy atom. The lowest BCUT2D eigenvalue weighted by Gasteiger charge is -2.21. The molecule has 0 aliphatic heterocycles. The maximum absolute atomic E-state index is 11.0. The summed E-state index contributed by atoms with van der Waals surface area (Å²) >= 11 is 1.72. The van der Waals surface area contributed by atoms with Crippen LogP contribution >= 0.6 is 11.8 Å². The van der Waals surface area contributed by atoms with Crippen molar-refractivity contribution in [2.24, 2.45) is 0 Å². The molecule has 0 saturated heterocycles. The van der Waals surface area contributed by atoms with Crippen molar-refractivity contribution in [2.75, 3.05) is 33.6 Å². The van der Waals surface area contributed by atoms with Crippen LogP contribution in [0.2, 0.25) is 0 Å². The third-order valence-electron chi connectivity index (χ3n) is 4.03. The van der Waals surface area contributed by atoms with Crippen LogP contribution in [0.15, 0.2) is 42.5 Å². The average molecular weight is 391 g/mol. The number of carbonyl (C=O) groups is 1. The highest BCUT2D eigenvalue weighted by atomic mass is 32.2. The van der Waals surface area contributed by atoms with Crippen molar-refractivity contribution in [1.29, 1.82) is 0 Å². The quantitative estimate of drug-likeness (QED) is 0.608. The van der Waals surface area contributed by atoms with Crippen LogP contribution in [0, 0.1) is 0 Å². The number of carboxylic acid groups (broad SMARTS) is 1. The van der Waals surface area contributed by atoms with Crippen molar-refractivity contribution in [1.82, 2.24) is 5.32 Å². The third-order valence-corrected chi connectivity index (χ3v) is 5.13. The first kappa shape index (κ1) is 20.9. The van der Waals surface area contributed by atoms with Crippen LogP contribution in [0.25, 0.3) is 0 Å². The Kier molecular flexibility index (Phi) is 8.29. The molecule has 0 spiro atoms. The van der Waals surface area contributed by atoms with E-state index in [1.165, 1.54) is 5.56 Å². The van der Waals surface area contributed by atoms with E-state index in [1.54, 1.807) is 39.2 Å². The number of thioether (sulfide) groups is 1. The van der Waals surface area contributed by atoms with Crippen LogP contribution in [0.4, 0.5) is 0 Å². The molecular weight excluding hydrogens is 366 g/mol. The van der Waals surface area contributed by atoms with Gasteiger partial charge in [0.1, 0.15) is 17.2 Å². The first-order chi connectivity index (χ1) is 13.1. The zero-order chi connectivity index (χ0) is 19.6. The van der Waals surface area contributed by atoms with Crippen molar-refractivity contribution in [3.05, 3.63) is 53.6 Å². The van der Waals surface area contributed by atoms with Crippen LogP contribution < -0.4 is 19.5 Å². The Hall–Kier alpha value is -2.38. The molecule has 7 heteroatoms. The zero-order valence-electron chi connectivity index (χ0n) is 15.7. The van der Waals surface area contributed by atoms with Gasteiger partial charge in [0.25, 0.3) is 0 Å². The Morgan fingerprint density at radius 1 is 1.04 bits per heavy atom. The number of benzene rings is 2. The number of hydrogen-bond acceptors (Lipinski definition) is 6. The molecule has 1 unspecified atom stereocenters. The molecule has 0 saturated carbocycles. The lowest BCUT2D eigenvalue weighted by molar-refractivity contribution is -0.136. The molecule has 0 aromatic heterocycles. The van der Waals surface area contributed by atoms with Gasteiger partial charge >= 0.3 is 5.97 Å². The molecule has 6 nitrogen and oxygen atoms in total. The molecule has 0 bridgehead atoms. The minimum absolute atomic E-state index is 0.122. The van der Waals surface area contributed by atoms with Gasteiger partial charge in [-0.15, -0.1) is 0 Å². The first-order valence-corrected chi connectivity index (χ1v) is 9.60. The fraction of sp³-hybridized carbons (Fsp3) is 0.350. The fourth-order valence-electron chi connectivity index (χ4n) is 2.59. The number of rotatable bonds is 11. The van der Waals surface area contributed by atoms with Crippen molar-refractivity contribution >= 4 is 17.7 Å². The molecule has 27 heavy (non-hydrogen) atoms. The van der Waals surface area contributed by atoms with E-state index in [1.807, 2.05) is 36.4 Å². The maximum atomic E-state index is 11.0. The van der Waals surface area contributed by atoms with E-state index in [4.69, 9.17) is 19.3 Å². The van der Waals surface area contributed by atoms with Gasteiger partial charge in [0.2, 0.25) is 0 Å². The van der Waals surface area contributed by atoms with Gasteiger partial charge in [-0.25, -0.2) is 0 Å². The molecule has 0 radical (unpaired) electrons. The van der Waals surface area contributed by atoms with E-state index in [0.29, 0.717) is 17.3 Å². The molecule has 146 valence electrons. The second-order valence-electron chi connectivity index (χ2n) is 5.80. The van der Waals surface area contributed by atoms with Gasteiger partial charge in [0.05, 0.1) is 27.9 Å². The first-order valence-electron chi connectivity index (χ1n) is 8.45. The summed E-state index contributed by atoms with van der Waals surface area (Å²) in [5, 5.41) is 12.1. The Bertz CT molecular complexity index is 736. The molecule has 2 aromatic rings. The largest absolute Gasteiger partial charge is 0.497 e. The maximum Gasteiger partial charge on any atom is 0.317 e. The van der Waals surface area contributed by atoms with Crippen LogP contribution in [0.3, 0.4) is 0 Å². The van der Waals surface area contributed by atoms with Gasteiger partial charge in [-0.1, -0.05) is 18.2 Å². The van der Waals surface area contributed by atoms with Crippen molar-refractivity contribution in [3.8, 4) is 17.2 Å². The van der Waals surface area contributed by atoms with Crippen molar-refractivity contribution in [3.63, 3.8) is 0 Å². The van der Waals surface area contributed by atoms with E-state index in [2.05, 4.69) is 5.32 Å². The Balaban J connectivity index is 2.08. The van der Waals surface area contributed by atoms with Gasteiger partial charge < -0.3 is 19.3 Å². The van der Waals surface area contributed by atoms with E-state index >= 15 is 0 Å². The molecule has 0 heterocycles. The average Bonchev–Trinajstić information content (AvgIpc) is 2.70. The summed E-state index contributed by atoms with van der Waals surface area (Å²) in [4.78, 5) is 11.0. The molecule has 2 N–H and O–H groups in total. The van der Waals surface area contributed by atoms with Crippen LogP contribution in [0.5, 0.6) is 17.2 Å². The molecule has 0 amide bonds. The number of hydrogen-bond donors (Lipinski definition) is 2. The number of carboxylic acids is 1. The lowest BCUT2D eigenvalue weighted by Crippen LogP contribution is -2.29. The molecular formula is C20H25NO5S. The standard InChI is InChI=1S/C20H25NO5S/c1-24-15-6-4-14(5-7-15)12-27-13-18(21-11-20(22)23)17-9-8-16(25-2)10-19(17)26-3/h4-10,18,21H,11-13H2,1-3H3,(H,22,23). The SMILES string of the molecule is COc1ccc(CSCC(NCC(=O)O)c2ccc(OC)cc2OC)cc1. The van der Waals surface area contributed by atoms with Gasteiger partial charge in [0, 0.05) is 29.2 Å². The minimum Gasteiger partial charge on any atom is -0.497 e. The Morgan fingerprint density at radius 3 is 2.30 bits per heavy atom. The van der Waals surface area contributed by atoms with Gasteiger partial charge in [-0.2, -0.15) is 11.8 Å². The summed E-state index contributed by atoms with van der Waals surface area (Å²) in [7, 11) is 4.83. The third kappa shape index (κ3) is 6.37. The van der Waals surface area contributed by atoms with E-state index in [0.717, 1.165) is 17.1 Å².